The summed E-state index contributed by atoms with van der Waals surface area (Å²) >= 11 is 0. The topological polar surface area (TPSA) is 66.3 Å². The van der Waals surface area contributed by atoms with E-state index in [1.54, 1.807) is 31.4 Å². The van der Waals surface area contributed by atoms with E-state index in [9.17, 15) is 4.79 Å². The molecule has 0 spiro atoms. The SMILES string of the molecule is COc1ccc(/C=C2\N=C(c3ccc4c(c3)OCO4)OC2=O)cc1. The summed E-state index contributed by atoms with van der Waals surface area (Å²) in [5.74, 6) is 1.78. The quantitative estimate of drug-likeness (QED) is 0.642. The van der Waals surface area contributed by atoms with Gasteiger partial charge in [0, 0.05) is 5.56 Å². The third-order valence-electron chi connectivity index (χ3n) is 3.66. The zero-order valence-electron chi connectivity index (χ0n) is 12.8. The molecule has 0 N–H and O–H groups in total. The van der Waals surface area contributed by atoms with Gasteiger partial charge in [-0.1, -0.05) is 12.1 Å². The van der Waals surface area contributed by atoms with E-state index in [0.29, 0.717) is 17.1 Å². The number of ether oxygens (including phenoxy) is 4. The summed E-state index contributed by atoms with van der Waals surface area (Å²) in [6.07, 6.45) is 1.67. The molecule has 2 aromatic carbocycles. The molecule has 0 aromatic heterocycles. The van der Waals surface area contributed by atoms with Crippen molar-refractivity contribution in [2.24, 2.45) is 4.99 Å². The van der Waals surface area contributed by atoms with Gasteiger partial charge in [-0.3, -0.25) is 0 Å². The molecule has 2 aromatic rings. The average molecular weight is 323 g/mol. The summed E-state index contributed by atoms with van der Waals surface area (Å²) in [7, 11) is 1.60. The van der Waals surface area contributed by atoms with Crippen LogP contribution in [-0.4, -0.2) is 25.8 Å². The molecule has 0 amide bonds. The van der Waals surface area contributed by atoms with E-state index in [1.807, 2.05) is 24.3 Å². The first-order valence-electron chi connectivity index (χ1n) is 7.29. The average Bonchev–Trinajstić information content (AvgIpc) is 3.22. The number of esters is 1. The number of carbonyl (C=O) groups excluding carboxylic acids is 1. The van der Waals surface area contributed by atoms with Crippen LogP contribution in [0.5, 0.6) is 17.2 Å². The molecule has 24 heavy (non-hydrogen) atoms. The van der Waals surface area contributed by atoms with Crippen molar-refractivity contribution in [1.82, 2.24) is 0 Å². The van der Waals surface area contributed by atoms with Crippen molar-refractivity contribution in [2.45, 2.75) is 0 Å². The predicted molar refractivity (Wildman–Crippen MR) is 86.2 cm³/mol. The molecular formula is C18H13NO5. The largest absolute Gasteiger partial charge is 0.497 e. The third-order valence-corrected chi connectivity index (χ3v) is 3.66. The fourth-order valence-electron chi connectivity index (χ4n) is 2.42. The number of rotatable bonds is 3. The van der Waals surface area contributed by atoms with Gasteiger partial charge in [0.25, 0.3) is 0 Å². The Hall–Kier alpha value is -3.28. The number of carbonyl (C=O) groups is 1. The smallest absolute Gasteiger partial charge is 0.363 e. The third kappa shape index (κ3) is 2.58. The highest BCUT2D eigenvalue weighted by Gasteiger charge is 2.25. The maximum Gasteiger partial charge on any atom is 0.363 e. The van der Waals surface area contributed by atoms with Gasteiger partial charge in [-0.25, -0.2) is 9.79 Å². The van der Waals surface area contributed by atoms with Gasteiger partial charge in [0.2, 0.25) is 12.7 Å². The highest BCUT2D eigenvalue weighted by Crippen LogP contribution is 2.33. The fourth-order valence-corrected chi connectivity index (χ4v) is 2.42. The lowest BCUT2D eigenvalue weighted by Gasteiger charge is -2.01. The molecule has 0 aliphatic carbocycles. The van der Waals surface area contributed by atoms with Crippen LogP contribution in [0.2, 0.25) is 0 Å². The minimum Gasteiger partial charge on any atom is -0.497 e. The summed E-state index contributed by atoms with van der Waals surface area (Å²) in [5, 5.41) is 0. The molecule has 2 aliphatic rings. The second-order valence-electron chi connectivity index (χ2n) is 5.18. The van der Waals surface area contributed by atoms with Crippen LogP contribution >= 0.6 is 0 Å². The molecule has 0 saturated carbocycles. The van der Waals surface area contributed by atoms with Gasteiger partial charge in [-0.2, -0.15) is 0 Å². The standard InChI is InChI=1S/C18H13NO5/c1-21-13-5-2-11(3-6-13)8-14-18(20)24-17(19-14)12-4-7-15-16(9-12)23-10-22-15/h2-9H,10H2,1H3/b14-8-. The van der Waals surface area contributed by atoms with Crippen LogP contribution in [0.1, 0.15) is 11.1 Å². The van der Waals surface area contributed by atoms with E-state index in [-0.39, 0.29) is 18.4 Å². The van der Waals surface area contributed by atoms with Crippen molar-refractivity contribution in [1.29, 1.82) is 0 Å². The Morgan fingerprint density at radius 3 is 2.67 bits per heavy atom. The van der Waals surface area contributed by atoms with Crippen LogP contribution in [0.3, 0.4) is 0 Å². The Morgan fingerprint density at radius 2 is 1.88 bits per heavy atom. The Morgan fingerprint density at radius 1 is 1.08 bits per heavy atom. The molecule has 120 valence electrons. The minimum atomic E-state index is -0.488. The number of benzene rings is 2. The molecule has 0 fully saturated rings. The van der Waals surface area contributed by atoms with Crippen LogP contribution in [-0.2, 0) is 9.53 Å². The van der Waals surface area contributed by atoms with Gasteiger partial charge < -0.3 is 18.9 Å². The first-order chi connectivity index (χ1) is 11.7. The van der Waals surface area contributed by atoms with Gasteiger partial charge in [0.15, 0.2) is 17.2 Å². The van der Waals surface area contributed by atoms with E-state index < -0.39 is 5.97 Å². The van der Waals surface area contributed by atoms with Crippen molar-refractivity contribution in [2.75, 3.05) is 13.9 Å². The number of hydrogen-bond donors (Lipinski definition) is 0. The first-order valence-corrected chi connectivity index (χ1v) is 7.29. The lowest BCUT2D eigenvalue weighted by atomic mass is 10.2. The molecule has 0 unspecified atom stereocenters. The van der Waals surface area contributed by atoms with Crippen molar-refractivity contribution < 1.29 is 23.7 Å². The molecule has 6 nitrogen and oxygen atoms in total. The molecule has 4 rings (SSSR count). The molecule has 2 aliphatic heterocycles. The molecule has 0 atom stereocenters. The number of hydrogen-bond acceptors (Lipinski definition) is 6. The molecular weight excluding hydrogens is 310 g/mol. The number of methoxy groups -OCH3 is 1. The molecule has 6 heteroatoms. The number of cyclic esters (lactones) is 1. The summed E-state index contributed by atoms with van der Waals surface area (Å²) in [5.41, 5.74) is 1.73. The van der Waals surface area contributed by atoms with Crippen molar-refractivity contribution in [3.8, 4) is 17.2 Å². The van der Waals surface area contributed by atoms with Crippen LogP contribution < -0.4 is 14.2 Å². The van der Waals surface area contributed by atoms with Crippen molar-refractivity contribution in [3.63, 3.8) is 0 Å². The second kappa shape index (κ2) is 5.73. The number of nitrogens with zero attached hydrogens (tertiary/aromatic N) is 1. The van der Waals surface area contributed by atoms with Crippen LogP contribution in [0.4, 0.5) is 0 Å². The predicted octanol–water partition coefficient (Wildman–Crippen LogP) is 2.77. The van der Waals surface area contributed by atoms with E-state index in [0.717, 1.165) is 11.3 Å². The Labute approximate surface area is 137 Å². The normalized spacial score (nSPS) is 17.0. The summed E-state index contributed by atoms with van der Waals surface area (Å²) in [6.45, 7) is 0.188. The van der Waals surface area contributed by atoms with Crippen LogP contribution in [0, 0.1) is 0 Å². The monoisotopic (exact) mass is 323 g/mol. The zero-order valence-corrected chi connectivity index (χ0v) is 12.8. The highest BCUT2D eigenvalue weighted by molar-refractivity contribution is 6.13. The number of fused-ring (bicyclic) bond motifs is 1. The molecule has 0 saturated heterocycles. The molecule has 2 heterocycles. The summed E-state index contributed by atoms with van der Waals surface area (Å²) in [4.78, 5) is 16.3. The maximum atomic E-state index is 12.0. The van der Waals surface area contributed by atoms with E-state index in [4.69, 9.17) is 18.9 Å². The Kier molecular flexibility index (Phi) is 3.42. The second-order valence-corrected chi connectivity index (χ2v) is 5.18. The Balaban J connectivity index is 1.63. The zero-order chi connectivity index (χ0) is 16.5. The highest BCUT2D eigenvalue weighted by atomic mass is 16.7. The van der Waals surface area contributed by atoms with Crippen LogP contribution in [0.15, 0.2) is 53.2 Å². The van der Waals surface area contributed by atoms with Gasteiger partial charge in [-0.05, 0) is 42.0 Å². The van der Waals surface area contributed by atoms with Gasteiger partial charge >= 0.3 is 5.97 Å². The lowest BCUT2D eigenvalue weighted by molar-refractivity contribution is -0.129. The van der Waals surface area contributed by atoms with Crippen LogP contribution in [0.25, 0.3) is 6.08 Å². The lowest BCUT2D eigenvalue weighted by Crippen LogP contribution is -2.05. The first kappa shape index (κ1) is 14.3. The van der Waals surface area contributed by atoms with Gasteiger partial charge in [0.05, 0.1) is 7.11 Å². The molecule has 0 bridgehead atoms. The van der Waals surface area contributed by atoms with E-state index in [2.05, 4.69) is 4.99 Å². The summed E-state index contributed by atoms with van der Waals surface area (Å²) in [6, 6.07) is 12.6. The fraction of sp³-hybridized carbons (Fsp3) is 0.111. The van der Waals surface area contributed by atoms with E-state index >= 15 is 0 Å². The Bertz CT molecular complexity index is 867. The van der Waals surface area contributed by atoms with Crippen molar-refractivity contribution >= 4 is 17.9 Å². The van der Waals surface area contributed by atoms with Gasteiger partial charge in [0.1, 0.15) is 5.75 Å². The molecule has 0 radical (unpaired) electrons. The van der Waals surface area contributed by atoms with Crippen molar-refractivity contribution in [3.05, 3.63) is 59.3 Å². The maximum absolute atomic E-state index is 12.0. The van der Waals surface area contributed by atoms with Gasteiger partial charge in [-0.15, -0.1) is 0 Å². The number of aliphatic imine (C=N–C) groups is 1. The minimum absolute atomic E-state index is 0.188. The summed E-state index contributed by atoms with van der Waals surface area (Å²) < 4.78 is 21.0. The van der Waals surface area contributed by atoms with E-state index in [1.165, 1.54) is 0 Å².